The molecule has 6 saturated heterocycles. The second-order valence-electron chi connectivity index (χ2n) is 15.3. The van der Waals surface area contributed by atoms with Crippen molar-refractivity contribution in [1.29, 1.82) is 0 Å². The van der Waals surface area contributed by atoms with Gasteiger partial charge in [-0.1, -0.05) is 12.2 Å². The molecule has 8 unspecified atom stereocenters. The van der Waals surface area contributed by atoms with Gasteiger partial charge in [-0.15, -0.1) is 0 Å². The molecule has 4 bridgehead atoms. The van der Waals surface area contributed by atoms with Crippen LogP contribution in [0.2, 0.25) is 0 Å². The summed E-state index contributed by atoms with van der Waals surface area (Å²) in [6.07, 6.45) is -3.12. The molecule has 0 aromatic carbocycles. The van der Waals surface area contributed by atoms with Gasteiger partial charge in [0.15, 0.2) is 12.2 Å². The summed E-state index contributed by atoms with van der Waals surface area (Å²) in [5.41, 5.74) is -7.49. The number of esters is 4. The number of carbonyl (C=O) groups is 4. The monoisotopic (exact) mass is 602 g/mol. The topological polar surface area (TPSA) is 191 Å². The van der Waals surface area contributed by atoms with Crippen LogP contribution in [0.4, 0.5) is 0 Å². The van der Waals surface area contributed by atoms with Crippen molar-refractivity contribution < 1.29 is 62.9 Å². The molecule has 16 atom stereocenters. The van der Waals surface area contributed by atoms with Crippen LogP contribution in [0.5, 0.6) is 0 Å². The minimum absolute atomic E-state index is 0.189. The quantitative estimate of drug-likeness (QED) is 0.152. The first kappa shape index (κ1) is 26.8. The predicted octanol–water partition coefficient (Wildman–Crippen LogP) is -0.929. The van der Waals surface area contributed by atoms with Crippen LogP contribution in [0.3, 0.4) is 0 Å². The molecule has 6 heterocycles. The molecule has 13 heteroatoms. The molecule has 0 radical (unpaired) electrons. The van der Waals surface area contributed by atoms with Crippen molar-refractivity contribution in [2.24, 2.45) is 34.5 Å². The van der Waals surface area contributed by atoms with E-state index in [1.165, 1.54) is 0 Å². The molecular formula is C30H34O13. The molecule has 0 aromatic rings. The lowest BCUT2D eigenvalue weighted by Gasteiger charge is -2.53. The van der Waals surface area contributed by atoms with Crippen molar-refractivity contribution in [3.63, 3.8) is 0 Å². The predicted molar refractivity (Wildman–Crippen MR) is 135 cm³/mol. The summed E-state index contributed by atoms with van der Waals surface area (Å²) in [5, 5.41) is 33.3. The molecule has 0 aromatic heterocycles. The van der Waals surface area contributed by atoms with E-state index in [2.05, 4.69) is 6.58 Å². The Hall–Kier alpha value is -2.58. The maximum atomic E-state index is 12.4. The highest BCUT2D eigenvalue weighted by Gasteiger charge is 2.97. The fourth-order valence-electron chi connectivity index (χ4n) is 11.4. The smallest absolute Gasteiger partial charge is 0.342 e. The van der Waals surface area contributed by atoms with Gasteiger partial charge >= 0.3 is 23.9 Å². The van der Waals surface area contributed by atoms with Gasteiger partial charge in [0.2, 0.25) is 11.2 Å². The van der Waals surface area contributed by atoms with Gasteiger partial charge in [0, 0.05) is 24.7 Å². The number of ether oxygens (including phenoxy) is 6. The number of rotatable bonds is 2. The molecule has 43 heavy (non-hydrogen) atoms. The van der Waals surface area contributed by atoms with E-state index < -0.39 is 111 Å². The lowest BCUT2D eigenvalue weighted by molar-refractivity contribution is -0.223. The first-order chi connectivity index (χ1) is 19.9. The van der Waals surface area contributed by atoms with E-state index >= 15 is 0 Å². The van der Waals surface area contributed by atoms with Crippen molar-refractivity contribution in [2.75, 3.05) is 0 Å². The molecule has 0 amide bonds. The van der Waals surface area contributed by atoms with Crippen LogP contribution in [0.1, 0.15) is 47.5 Å². The highest BCUT2D eigenvalue weighted by molar-refractivity contribution is 5.92. The van der Waals surface area contributed by atoms with E-state index in [4.69, 9.17) is 28.4 Å². The molecular weight excluding hydrogens is 568 g/mol. The molecule has 10 fully saturated rings. The maximum Gasteiger partial charge on any atom is 0.342 e. The number of aliphatic hydroxyl groups is 3. The largest absolute Gasteiger partial charge is 0.458 e. The van der Waals surface area contributed by atoms with Crippen molar-refractivity contribution in [1.82, 2.24) is 0 Å². The number of hydrogen-bond donors (Lipinski definition) is 3. The molecule has 3 N–H and O–H groups in total. The first-order valence-corrected chi connectivity index (χ1v) is 14.9. The minimum Gasteiger partial charge on any atom is -0.458 e. The van der Waals surface area contributed by atoms with E-state index in [1.807, 2.05) is 6.92 Å². The zero-order valence-electron chi connectivity index (χ0n) is 24.3. The summed E-state index contributed by atoms with van der Waals surface area (Å²) in [6.45, 7) is 12.5. The van der Waals surface area contributed by atoms with E-state index in [0.717, 1.165) is 5.57 Å². The van der Waals surface area contributed by atoms with Crippen LogP contribution < -0.4 is 0 Å². The van der Waals surface area contributed by atoms with Crippen LogP contribution in [0, 0.1) is 34.5 Å². The van der Waals surface area contributed by atoms with E-state index in [9.17, 15) is 34.5 Å². The highest BCUT2D eigenvalue weighted by Crippen LogP contribution is 2.78. The van der Waals surface area contributed by atoms with Gasteiger partial charge in [0.1, 0.15) is 24.4 Å². The van der Waals surface area contributed by atoms with Gasteiger partial charge in [-0.05, 0) is 34.6 Å². The van der Waals surface area contributed by atoms with Crippen molar-refractivity contribution in [3.8, 4) is 0 Å². The van der Waals surface area contributed by atoms with Gasteiger partial charge in [-0.25, -0.2) is 9.59 Å². The number of fused-ring (bicyclic) bond motifs is 8. The molecule has 13 nitrogen and oxygen atoms in total. The summed E-state index contributed by atoms with van der Waals surface area (Å²) in [6, 6.07) is 0. The molecule has 232 valence electrons. The summed E-state index contributed by atoms with van der Waals surface area (Å²) in [7, 11) is 0. The molecule has 2 spiro atoms. The third-order valence-electron chi connectivity index (χ3n) is 13.4. The van der Waals surface area contributed by atoms with Gasteiger partial charge < -0.3 is 43.7 Å². The minimum atomic E-state index is -1.47. The highest BCUT2D eigenvalue weighted by atomic mass is 16.7. The first-order valence-electron chi connectivity index (χ1n) is 14.9. The van der Waals surface area contributed by atoms with Crippen molar-refractivity contribution >= 4 is 23.9 Å². The van der Waals surface area contributed by atoms with Gasteiger partial charge in [0.05, 0.1) is 39.5 Å². The normalized spacial score (nSPS) is 61.3. The average Bonchev–Trinajstić information content (AvgIpc) is 3.58. The maximum absolute atomic E-state index is 12.4. The third kappa shape index (κ3) is 2.29. The third-order valence-corrected chi connectivity index (χ3v) is 13.4. The molecule has 6 aliphatic heterocycles. The Morgan fingerprint density at radius 3 is 1.72 bits per heavy atom. The number of hydrogen-bond acceptors (Lipinski definition) is 13. The van der Waals surface area contributed by atoms with Crippen LogP contribution in [-0.2, 0) is 47.6 Å². The van der Waals surface area contributed by atoms with E-state index in [0.29, 0.717) is 0 Å². The Labute approximate surface area is 245 Å². The SMILES string of the molecule is C=C(C)C1C2OC(=O)C1C1(O)CC3OC34C(=O)OC2C14C.CC(C)(O)[C@H]1[C@H]2OC(=O)[C@@H]1[C@]1(O)C[C@H]3O[C@]34C(=O)O[C@H]2[C@]14C. The lowest BCUT2D eigenvalue weighted by Crippen LogP contribution is -2.68. The van der Waals surface area contributed by atoms with Crippen LogP contribution in [0.25, 0.3) is 0 Å². The zero-order valence-corrected chi connectivity index (χ0v) is 24.3. The average molecular weight is 603 g/mol. The summed E-state index contributed by atoms with van der Waals surface area (Å²) in [4.78, 5) is 49.4. The van der Waals surface area contributed by atoms with Crippen molar-refractivity contribution in [3.05, 3.63) is 12.2 Å². The summed E-state index contributed by atoms with van der Waals surface area (Å²) < 4.78 is 33.2. The van der Waals surface area contributed by atoms with Crippen LogP contribution >= 0.6 is 0 Å². The Kier molecular flexibility index (Phi) is 4.24. The lowest BCUT2D eigenvalue weighted by atomic mass is 9.52. The summed E-state index contributed by atoms with van der Waals surface area (Å²) in [5.74, 6) is -4.37. The zero-order chi connectivity index (χ0) is 30.8. The van der Waals surface area contributed by atoms with Gasteiger partial charge in [0.25, 0.3) is 0 Å². The molecule has 4 aliphatic carbocycles. The fraction of sp³-hybridized carbons (Fsp3) is 0.800. The van der Waals surface area contributed by atoms with Gasteiger partial charge in [-0.2, -0.15) is 0 Å². The molecule has 4 saturated carbocycles. The fourth-order valence-corrected chi connectivity index (χ4v) is 11.4. The summed E-state index contributed by atoms with van der Waals surface area (Å²) >= 11 is 0. The Morgan fingerprint density at radius 2 is 1.23 bits per heavy atom. The second-order valence-corrected chi connectivity index (χ2v) is 15.3. The van der Waals surface area contributed by atoms with Gasteiger partial charge in [-0.3, -0.25) is 9.59 Å². The number of epoxide rings is 2. The van der Waals surface area contributed by atoms with Crippen LogP contribution in [0.15, 0.2) is 12.2 Å². The second kappa shape index (κ2) is 6.81. The number of carbonyl (C=O) groups excluding carboxylic acids is 4. The Bertz CT molecular complexity index is 1500. The van der Waals surface area contributed by atoms with E-state index in [-0.39, 0.29) is 24.9 Å². The molecule has 10 aliphatic rings. The van der Waals surface area contributed by atoms with Crippen LogP contribution in [-0.4, -0.2) is 104 Å². The standard InChI is InChI=1S/C15H18O7.C15H16O6/c1-12(2,18)6-7-10(16)20-8(6)9-13(3)14(7,19)4-5-15(13,22-5)11(17)21-9;1-5(2)7-8-11(16)19-9(7)10-13(3)14(8,18)4-6-15(13,21-6)12(17)20-10/h5-9,18-19H,4H2,1-3H3;6-10,18H,1,4H2,2-3H3/t5-,6-,7-,8-,9-,13-,14-,15+;/m1./s1. The Balaban J connectivity index is 0.000000121. The van der Waals surface area contributed by atoms with E-state index in [1.54, 1.807) is 27.7 Å². The Morgan fingerprint density at radius 1 is 0.791 bits per heavy atom. The molecule has 10 rings (SSSR count). The van der Waals surface area contributed by atoms with Crippen molar-refractivity contribution in [2.45, 2.75) is 112 Å².